The van der Waals surface area contributed by atoms with Gasteiger partial charge in [0.1, 0.15) is 5.15 Å². The van der Waals surface area contributed by atoms with Crippen molar-refractivity contribution in [2.75, 3.05) is 0 Å². The Morgan fingerprint density at radius 2 is 2.17 bits per heavy atom. The number of hydrogen-bond donors (Lipinski definition) is 0. The smallest absolute Gasteiger partial charge is 0.255 e. The van der Waals surface area contributed by atoms with Gasteiger partial charge < -0.3 is 0 Å². The molecule has 5 heteroatoms. The van der Waals surface area contributed by atoms with Crippen molar-refractivity contribution in [3.63, 3.8) is 0 Å². The molecule has 0 aliphatic heterocycles. The highest BCUT2D eigenvalue weighted by Gasteiger charge is 2.05. The zero-order valence-corrected chi connectivity index (χ0v) is 10.9. The first-order chi connectivity index (χ1) is 8.74. The van der Waals surface area contributed by atoms with Crippen molar-refractivity contribution in [1.82, 2.24) is 9.55 Å². The minimum Gasteiger partial charge on any atom is -0.295 e. The van der Waals surface area contributed by atoms with Gasteiger partial charge in [0, 0.05) is 10.8 Å². The van der Waals surface area contributed by atoms with E-state index in [4.69, 9.17) is 11.6 Å². The molecule has 0 bridgehead atoms. The number of fused-ring (bicyclic) bond motifs is 1. The molecule has 0 fully saturated rings. The van der Waals surface area contributed by atoms with Crippen molar-refractivity contribution in [2.24, 2.45) is 0 Å². The number of nitrogens with zero attached hydrogens (tertiary/aromatic N) is 2. The normalized spacial score (nSPS) is 10.9. The summed E-state index contributed by atoms with van der Waals surface area (Å²) in [5, 5.41) is 3.49. The Morgan fingerprint density at radius 1 is 1.33 bits per heavy atom. The fourth-order valence-electron chi connectivity index (χ4n) is 1.86. The molecule has 0 atom stereocenters. The Kier molecular flexibility index (Phi) is 2.89. The number of hydrogen-bond acceptors (Lipinski definition) is 3. The van der Waals surface area contributed by atoms with Gasteiger partial charge in [-0.25, -0.2) is 4.98 Å². The summed E-state index contributed by atoms with van der Waals surface area (Å²) in [5.41, 5.74) is 0.993. The van der Waals surface area contributed by atoms with Crippen molar-refractivity contribution < 1.29 is 0 Å². The first-order valence-corrected chi connectivity index (χ1v) is 6.67. The topological polar surface area (TPSA) is 34.9 Å². The highest BCUT2D eigenvalue weighted by atomic mass is 35.5. The maximum atomic E-state index is 11.7. The molecular weight excluding hydrogens is 268 g/mol. The van der Waals surface area contributed by atoms with Gasteiger partial charge in [0.25, 0.3) is 5.56 Å². The van der Waals surface area contributed by atoms with Gasteiger partial charge in [-0.3, -0.25) is 9.36 Å². The Morgan fingerprint density at radius 3 is 3.00 bits per heavy atom. The predicted molar refractivity (Wildman–Crippen MR) is 74.4 cm³/mol. The molecule has 2 heterocycles. The van der Waals surface area contributed by atoms with Crippen LogP contribution in [-0.4, -0.2) is 9.55 Å². The third-order valence-electron chi connectivity index (χ3n) is 2.75. The zero-order chi connectivity index (χ0) is 12.5. The molecule has 3 aromatic rings. The molecular formula is C13H9ClN2OS. The number of benzene rings is 1. The molecule has 3 nitrogen and oxygen atoms in total. The van der Waals surface area contributed by atoms with E-state index in [-0.39, 0.29) is 10.7 Å². The lowest BCUT2D eigenvalue weighted by molar-refractivity contribution is 0.741. The van der Waals surface area contributed by atoms with Crippen LogP contribution in [0.4, 0.5) is 0 Å². The molecule has 0 amide bonds. The number of aromatic nitrogens is 2. The summed E-state index contributed by atoms with van der Waals surface area (Å²) in [6.07, 6.45) is 1.48. The largest absolute Gasteiger partial charge is 0.295 e. The Hall–Kier alpha value is -1.65. The molecule has 0 saturated heterocycles. The van der Waals surface area contributed by atoms with Crippen LogP contribution in [0.3, 0.4) is 0 Å². The van der Waals surface area contributed by atoms with Crippen LogP contribution in [0.5, 0.6) is 0 Å². The molecule has 3 rings (SSSR count). The highest BCUT2D eigenvalue weighted by Crippen LogP contribution is 2.25. The number of thiophene rings is 1. The minimum atomic E-state index is -0.134. The summed E-state index contributed by atoms with van der Waals surface area (Å²) in [6, 6.07) is 9.48. The van der Waals surface area contributed by atoms with Crippen LogP contribution >= 0.6 is 22.9 Å². The second-order valence-corrected chi connectivity index (χ2v) is 5.23. The van der Waals surface area contributed by atoms with E-state index in [0.29, 0.717) is 6.54 Å². The van der Waals surface area contributed by atoms with Crippen LogP contribution in [0.1, 0.15) is 5.56 Å². The van der Waals surface area contributed by atoms with Gasteiger partial charge in [0.2, 0.25) is 0 Å². The summed E-state index contributed by atoms with van der Waals surface area (Å²) in [7, 11) is 0. The molecule has 1 aromatic carbocycles. The first kappa shape index (κ1) is 11.4. The molecule has 2 aromatic heterocycles. The van der Waals surface area contributed by atoms with E-state index >= 15 is 0 Å². The molecule has 0 saturated carbocycles. The van der Waals surface area contributed by atoms with Crippen LogP contribution in [0.15, 0.2) is 46.8 Å². The van der Waals surface area contributed by atoms with Crippen LogP contribution in [0.25, 0.3) is 10.1 Å². The predicted octanol–water partition coefficient (Wildman–Crippen LogP) is 3.16. The van der Waals surface area contributed by atoms with Gasteiger partial charge >= 0.3 is 0 Å². The van der Waals surface area contributed by atoms with E-state index in [1.807, 2.05) is 12.1 Å². The Balaban J connectivity index is 2.04. The summed E-state index contributed by atoms with van der Waals surface area (Å²) in [4.78, 5) is 15.7. The van der Waals surface area contributed by atoms with Gasteiger partial charge in [-0.2, -0.15) is 0 Å². The van der Waals surface area contributed by atoms with Gasteiger partial charge in [-0.15, -0.1) is 11.3 Å². The lowest BCUT2D eigenvalue weighted by atomic mass is 10.2. The Labute approximate surface area is 112 Å². The van der Waals surface area contributed by atoms with Gasteiger partial charge in [-0.05, 0) is 22.4 Å². The summed E-state index contributed by atoms with van der Waals surface area (Å²) in [5.74, 6) is 0. The molecule has 0 aliphatic rings. The van der Waals surface area contributed by atoms with Crippen LogP contribution in [0.2, 0.25) is 5.15 Å². The molecule has 18 heavy (non-hydrogen) atoms. The van der Waals surface area contributed by atoms with Gasteiger partial charge in [0.05, 0.1) is 12.9 Å². The van der Waals surface area contributed by atoms with E-state index in [0.717, 1.165) is 5.56 Å². The minimum absolute atomic E-state index is 0.134. The Bertz CT molecular complexity index is 763. The van der Waals surface area contributed by atoms with E-state index < -0.39 is 0 Å². The number of halogens is 1. The fourth-order valence-corrected chi connectivity index (χ4v) is 2.95. The average molecular weight is 277 g/mol. The van der Waals surface area contributed by atoms with Gasteiger partial charge in [-0.1, -0.05) is 29.8 Å². The lowest BCUT2D eigenvalue weighted by Crippen LogP contribution is -2.19. The summed E-state index contributed by atoms with van der Waals surface area (Å²) >= 11 is 7.35. The zero-order valence-electron chi connectivity index (χ0n) is 9.34. The summed E-state index contributed by atoms with van der Waals surface area (Å²) in [6.45, 7) is 0.521. The summed E-state index contributed by atoms with van der Waals surface area (Å²) < 4.78 is 2.78. The van der Waals surface area contributed by atoms with Crippen molar-refractivity contribution >= 4 is 33.0 Å². The maximum absolute atomic E-state index is 11.7. The third-order valence-corrected chi connectivity index (χ3v) is 3.97. The van der Waals surface area contributed by atoms with Crippen LogP contribution < -0.4 is 5.56 Å². The van der Waals surface area contributed by atoms with Crippen LogP contribution in [0, 0.1) is 0 Å². The monoisotopic (exact) mass is 276 g/mol. The molecule has 90 valence electrons. The first-order valence-electron chi connectivity index (χ1n) is 5.41. The lowest BCUT2D eigenvalue weighted by Gasteiger charge is -2.03. The van der Waals surface area contributed by atoms with Crippen molar-refractivity contribution in [3.05, 3.63) is 63.1 Å². The fraction of sp³-hybridized carbons (Fsp3) is 0.0769. The van der Waals surface area contributed by atoms with Crippen molar-refractivity contribution in [1.29, 1.82) is 0 Å². The standard InChI is InChI=1S/C13H9ClN2OS/c14-12-5-13(17)16(8-15-12)6-9-7-18-11-4-2-1-3-10(9)11/h1-5,7-8H,6H2. The van der Waals surface area contributed by atoms with E-state index in [9.17, 15) is 4.79 Å². The molecule has 0 radical (unpaired) electrons. The quantitative estimate of drug-likeness (QED) is 0.674. The van der Waals surface area contributed by atoms with E-state index in [2.05, 4.69) is 22.5 Å². The second kappa shape index (κ2) is 4.55. The van der Waals surface area contributed by atoms with E-state index in [1.165, 1.54) is 22.5 Å². The van der Waals surface area contributed by atoms with Crippen molar-refractivity contribution in [2.45, 2.75) is 6.54 Å². The number of rotatable bonds is 2. The third kappa shape index (κ3) is 2.05. The van der Waals surface area contributed by atoms with Crippen LogP contribution in [-0.2, 0) is 6.54 Å². The molecule has 0 aliphatic carbocycles. The maximum Gasteiger partial charge on any atom is 0.255 e. The molecule has 0 spiro atoms. The van der Waals surface area contributed by atoms with E-state index in [1.54, 1.807) is 15.9 Å². The highest BCUT2D eigenvalue weighted by molar-refractivity contribution is 7.17. The SMILES string of the molecule is O=c1cc(Cl)ncn1Cc1csc2ccccc12. The molecule has 0 unspecified atom stereocenters. The molecule has 0 N–H and O–H groups in total. The van der Waals surface area contributed by atoms with Crippen molar-refractivity contribution in [3.8, 4) is 0 Å². The second-order valence-electron chi connectivity index (χ2n) is 3.93. The van der Waals surface area contributed by atoms with Gasteiger partial charge in [0.15, 0.2) is 0 Å². The average Bonchev–Trinajstić information content (AvgIpc) is 2.76.